The van der Waals surface area contributed by atoms with Crippen LogP contribution in [0.3, 0.4) is 0 Å². The van der Waals surface area contributed by atoms with Crippen molar-refractivity contribution >= 4 is 0 Å². The Morgan fingerprint density at radius 3 is 1.74 bits per heavy atom. The monoisotopic (exact) mass is 552 g/mol. The molecule has 0 amide bonds. The smallest absolute Gasteiger partial charge is 0.429 e. The molecule has 3 aromatic carbocycles. The first-order valence-corrected chi connectivity index (χ1v) is 11.3. The summed E-state index contributed by atoms with van der Waals surface area (Å²) in [5.41, 5.74) is -7.41. The van der Waals surface area contributed by atoms with E-state index in [0.29, 0.717) is 24.6 Å². The lowest BCUT2D eigenvalue weighted by Crippen LogP contribution is -2.41. The van der Waals surface area contributed by atoms with Crippen molar-refractivity contribution in [1.82, 2.24) is 0 Å². The lowest BCUT2D eigenvalue weighted by molar-refractivity contribution is -0.228. The fraction of sp³-hybridized carbons (Fsp3) is 0.308. The van der Waals surface area contributed by atoms with Gasteiger partial charge in [-0.2, -0.15) is 26.3 Å². The molecule has 4 rings (SSSR count). The summed E-state index contributed by atoms with van der Waals surface area (Å²) in [6.45, 7) is 2.85. The molecule has 0 atom stereocenters. The maximum atomic E-state index is 15.2. The van der Waals surface area contributed by atoms with Crippen LogP contribution in [-0.2, 0) is 24.4 Å². The van der Waals surface area contributed by atoms with Crippen molar-refractivity contribution in [2.45, 2.75) is 44.6 Å². The van der Waals surface area contributed by atoms with Gasteiger partial charge >= 0.3 is 18.0 Å². The largest absolute Gasteiger partial charge is 0.491 e. The molecule has 204 valence electrons. The number of aryl methyl sites for hydroxylation is 1. The average molecular weight is 552 g/mol. The number of hydrogen-bond donors (Lipinski definition) is 0. The second-order valence-electron chi connectivity index (χ2n) is 8.45. The molecule has 0 aliphatic heterocycles. The Bertz CT molecular complexity index is 1400. The van der Waals surface area contributed by atoms with Gasteiger partial charge in [0, 0.05) is 0 Å². The van der Waals surface area contributed by atoms with Crippen LogP contribution in [0.2, 0.25) is 0 Å². The van der Waals surface area contributed by atoms with Gasteiger partial charge in [0.05, 0.1) is 17.7 Å². The molecule has 2 nitrogen and oxygen atoms in total. The Hall–Kier alpha value is -3.44. The number of hydrogen-bond acceptors (Lipinski definition) is 2. The van der Waals surface area contributed by atoms with Crippen LogP contribution in [0.25, 0.3) is 11.1 Å². The molecule has 0 aromatic heterocycles. The van der Waals surface area contributed by atoms with Gasteiger partial charge in [0.2, 0.25) is 0 Å². The minimum absolute atomic E-state index is 0.0202. The van der Waals surface area contributed by atoms with Crippen molar-refractivity contribution in [3.63, 3.8) is 0 Å². The molecule has 0 heterocycles. The van der Waals surface area contributed by atoms with Crippen molar-refractivity contribution in [1.29, 1.82) is 0 Å². The van der Waals surface area contributed by atoms with E-state index in [-0.39, 0.29) is 18.6 Å². The lowest BCUT2D eigenvalue weighted by Gasteiger charge is -2.35. The van der Waals surface area contributed by atoms with Gasteiger partial charge in [-0.25, -0.2) is 17.6 Å². The maximum absolute atomic E-state index is 15.2. The van der Waals surface area contributed by atoms with Gasteiger partial charge in [-0.15, -0.1) is 0 Å². The first kappa shape index (κ1) is 27.6. The second kappa shape index (κ2) is 9.39. The minimum atomic E-state index is -5.43. The highest BCUT2D eigenvalue weighted by Gasteiger charge is 2.65. The first-order chi connectivity index (χ1) is 17.7. The summed E-state index contributed by atoms with van der Waals surface area (Å²) in [7, 11) is 0. The topological polar surface area (TPSA) is 18.5 Å². The van der Waals surface area contributed by atoms with Crippen LogP contribution in [0.1, 0.15) is 42.5 Å². The number of rotatable bonds is 7. The lowest BCUT2D eigenvalue weighted by atomic mass is 9.79. The van der Waals surface area contributed by atoms with Gasteiger partial charge < -0.3 is 9.47 Å². The van der Waals surface area contributed by atoms with E-state index in [9.17, 15) is 30.7 Å². The molecule has 3 aromatic rings. The summed E-state index contributed by atoms with van der Waals surface area (Å²) in [6, 6.07) is 3.99. The van der Waals surface area contributed by atoms with Crippen LogP contribution >= 0.6 is 0 Å². The fourth-order valence-corrected chi connectivity index (χ4v) is 4.31. The molecule has 0 spiro atoms. The zero-order valence-corrected chi connectivity index (χ0v) is 19.7. The molecule has 0 fully saturated rings. The molecular weight excluding hydrogens is 534 g/mol. The number of halogens is 10. The second-order valence-corrected chi connectivity index (χ2v) is 8.45. The zero-order valence-electron chi connectivity index (χ0n) is 19.7. The third kappa shape index (κ3) is 4.04. The highest BCUT2D eigenvalue weighted by atomic mass is 19.3. The van der Waals surface area contributed by atoms with E-state index in [0.717, 1.165) is 18.2 Å². The highest BCUT2D eigenvalue weighted by molar-refractivity contribution is 5.78. The van der Waals surface area contributed by atoms with E-state index in [2.05, 4.69) is 4.74 Å². The van der Waals surface area contributed by atoms with Crippen LogP contribution < -0.4 is 9.47 Å². The molecule has 0 bridgehead atoms. The zero-order chi connectivity index (χ0) is 28.2. The number of alkyl halides is 6. The standard InChI is InChI=1S/C26H18F10O2/c1-3-5-12-6-9-15(21(28)20(12)27)26(35,36)38-17-11-8-14-13-7-10-16(37-4-2)22(29)18(13)24(31,32)25(33,34)19(14)23(17)30/h6-11H,3-5H2,1-2H3. The third-order valence-electron chi connectivity index (χ3n) is 6.06. The minimum Gasteiger partial charge on any atom is -0.491 e. The molecule has 12 heteroatoms. The van der Waals surface area contributed by atoms with Crippen LogP contribution in [0, 0.1) is 23.3 Å². The highest BCUT2D eigenvalue weighted by Crippen LogP contribution is 2.60. The Balaban J connectivity index is 1.85. The van der Waals surface area contributed by atoms with Gasteiger partial charge in [-0.3, -0.25) is 0 Å². The van der Waals surface area contributed by atoms with Crippen molar-refractivity contribution in [3.05, 3.63) is 81.9 Å². The predicted molar refractivity (Wildman–Crippen MR) is 116 cm³/mol. The summed E-state index contributed by atoms with van der Waals surface area (Å²) >= 11 is 0. The SMILES string of the molecule is CCCc1ccc(C(F)(F)Oc2ccc3c(c2F)C(F)(F)C(F)(F)c2c-3ccc(OCC)c2F)c(F)c1F. The molecule has 0 unspecified atom stereocenters. The van der Waals surface area contributed by atoms with Crippen molar-refractivity contribution < 1.29 is 53.4 Å². The van der Waals surface area contributed by atoms with Crippen LogP contribution in [0.5, 0.6) is 11.5 Å². The van der Waals surface area contributed by atoms with Crippen molar-refractivity contribution in [2.24, 2.45) is 0 Å². The number of benzene rings is 3. The quantitative estimate of drug-likeness (QED) is 0.274. The summed E-state index contributed by atoms with van der Waals surface area (Å²) in [5, 5.41) is 0. The van der Waals surface area contributed by atoms with E-state index in [4.69, 9.17) is 4.74 Å². The maximum Gasteiger partial charge on any atom is 0.429 e. The van der Waals surface area contributed by atoms with Gasteiger partial charge in [0.1, 0.15) is 5.56 Å². The molecule has 38 heavy (non-hydrogen) atoms. The third-order valence-corrected chi connectivity index (χ3v) is 6.06. The molecule has 1 aliphatic rings. The molecule has 0 saturated carbocycles. The molecule has 1 aliphatic carbocycles. The van der Waals surface area contributed by atoms with Crippen LogP contribution in [0.15, 0.2) is 36.4 Å². The van der Waals surface area contributed by atoms with Crippen molar-refractivity contribution in [3.8, 4) is 22.6 Å². The average Bonchev–Trinajstić information content (AvgIpc) is 2.83. The molecular formula is C26H18F10O2. The number of ether oxygens (including phenoxy) is 2. The van der Waals surface area contributed by atoms with E-state index in [1.807, 2.05) is 0 Å². The summed E-state index contributed by atoms with van der Waals surface area (Å²) in [5.74, 6) is -20.9. The van der Waals surface area contributed by atoms with Gasteiger partial charge in [0.25, 0.3) is 0 Å². The Kier molecular flexibility index (Phi) is 6.82. The van der Waals surface area contributed by atoms with E-state index in [1.165, 1.54) is 6.92 Å². The number of fused-ring (bicyclic) bond motifs is 3. The predicted octanol–water partition coefficient (Wildman–Crippen LogP) is 8.59. The Morgan fingerprint density at radius 2 is 1.21 bits per heavy atom. The van der Waals surface area contributed by atoms with E-state index in [1.54, 1.807) is 6.92 Å². The normalized spacial score (nSPS) is 15.6. The fourth-order valence-electron chi connectivity index (χ4n) is 4.31. The Labute approximate surface area is 209 Å². The van der Waals surface area contributed by atoms with Crippen LogP contribution in [0.4, 0.5) is 43.9 Å². The molecule has 0 N–H and O–H groups in total. The van der Waals surface area contributed by atoms with Crippen molar-refractivity contribution in [2.75, 3.05) is 6.61 Å². The summed E-state index contributed by atoms with van der Waals surface area (Å²) in [6.07, 6.45) is -4.41. The van der Waals surface area contributed by atoms with Gasteiger partial charge in [-0.05, 0) is 60.4 Å². The summed E-state index contributed by atoms with van der Waals surface area (Å²) in [4.78, 5) is 0. The first-order valence-electron chi connectivity index (χ1n) is 11.3. The Morgan fingerprint density at radius 1 is 0.684 bits per heavy atom. The van der Waals surface area contributed by atoms with Gasteiger partial charge in [0.15, 0.2) is 34.8 Å². The van der Waals surface area contributed by atoms with E-state index >= 15 is 13.2 Å². The van der Waals surface area contributed by atoms with E-state index < -0.39 is 80.5 Å². The van der Waals surface area contributed by atoms with Gasteiger partial charge in [-0.1, -0.05) is 19.4 Å². The molecule has 0 radical (unpaired) electrons. The van der Waals surface area contributed by atoms with Crippen LogP contribution in [-0.4, -0.2) is 6.61 Å². The molecule has 0 saturated heterocycles. The summed E-state index contributed by atoms with van der Waals surface area (Å²) < 4.78 is 157.